The molecule has 0 saturated heterocycles. The molecule has 0 spiro atoms. The van der Waals surface area contributed by atoms with Gasteiger partial charge in [-0.25, -0.2) is 9.97 Å². The van der Waals surface area contributed by atoms with Crippen LogP contribution in [0.4, 0.5) is 17.3 Å². The molecule has 0 atom stereocenters. The van der Waals surface area contributed by atoms with Crippen LogP contribution in [0.5, 0.6) is 0 Å². The molecule has 0 saturated carbocycles. The van der Waals surface area contributed by atoms with Crippen LogP contribution in [0.25, 0.3) is 22.2 Å². The van der Waals surface area contributed by atoms with E-state index in [-0.39, 0.29) is 0 Å². The van der Waals surface area contributed by atoms with Crippen LogP contribution in [0.15, 0.2) is 60.9 Å². The number of hydrogen-bond acceptors (Lipinski definition) is 5. The Morgan fingerprint density at radius 3 is 2.50 bits per heavy atom. The number of nitrogens with two attached hydrogens (primary N) is 1. The highest BCUT2D eigenvalue weighted by atomic mass is 15.1. The van der Waals surface area contributed by atoms with Gasteiger partial charge in [0, 0.05) is 28.5 Å². The van der Waals surface area contributed by atoms with E-state index < -0.39 is 0 Å². The normalized spacial score (nSPS) is 10.8. The van der Waals surface area contributed by atoms with E-state index in [1.165, 1.54) is 5.56 Å². The molecule has 0 unspecified atom stereocenters. The summed E-state index contributed by atoms with van der Waals surface area (Å²) in [5, 5.41) is 4.16. The van der Waals surface area contributed by atoms with Crippen LogP contribution >= 0.6 is 0 Å². The maximum atomic E-state index is 5.92. The second-order valence-corrected chi connectivity index (χ2v) is 6.39. The van der Waals surface area contributed by atoms with Crippen molar-refractivity contribution >= 4 is 28.2 Å². The minimum atomic E-state index is 0.552. The van der Waals surface area contributed by atoms with E-state index in [2.05, 4.69) is 27.2 Å². The van der Waals surface area contributed by atoms with Gasteiger partial charge in [-0.1, -0.05) is 23.8 Å². The number of aryl methyl sites for hydroxylation is 2. The van der Waals surface area contributed by atoms with Gasteiger partial charge in [0.25, 0.3) is 0 Å². The standard InChI is InChI=1S/C21H19N5/c1-13-3-7-17(8-4-13)25-21-24-11-15-9-19(23-12-20(15)26-21)18-10-16(22)6-5-14(18)2/h3-12H,22H2,1-2H3,(H,24,25,26). The maximum Gasteiger partial charge on any atom is 0.227 e. The Kier molecular flexibility index (Phi) is 3.97. The lowest BCUT2D eigenvalue weighted by Crippen LogP contribution is -1.98. The fraction of sp³-hybridized carbons (Fsp3) is 0.0952. The van der Waals surface area contributed by atoms with Crippen molar-refractivity contribution in [3.8, 4) is 11.3 Å². The fourth-order valence-electron chi connectivity index (χ4n) is 2.82. The number of nitrogen functional groups attached to an aromatic ring is 1. The summed E-state index contributed by atoms with van der Waals surface area (Å²) in [5.41, 5.74) is 12.6. The molecule has 0 aliphatic rings. The Labute approximate surface area is 152 Å². The van der Waals surface area contributed by atoms with Gasteiger partial charge in [0.1, 0.15) is 0 Å². The van der Waals surface area contributed by atoms with E-state index >= 15 is 0 Å². The zero-order chi connectivity index (χ0) is 18.1. The van der Waals surface area contributed by atoms with Crippen LogP contribution in [0.2, 0.25) is 0 Å². The van der Waals surface area contributed by atoms with Gasteiger partial charge in [0.05, 0.1) is 17.4 Å². The Morgan fingerprint density at radius 2 is 1.69 bits per heavy atom. The Morgan fingerprint density at radius 1 is 0.885 bits per heavy atom. The summed E-state index contributed by atoms with van der Waals surface area (Å²) >= 11 is 0. The molecule has 0 bridgehead atoms. The first-order chi connectivity index (χ1) is 12.6. The highest BCUT2D eigenvalue weighted by Gasteiger charge is 2.07. The van der Waals surface area contributed by atoms with Crippen molar-refractivity contribution < 1.29 is 0 Å². The van der Waals surface area contributed by atoms with Crippen molar-refractivity contribution in [1.29, 1.82) is 0 Å². The number of hydrogen-bond donors (Lipinski definition) is 2. The second-order valence-electron chi connectivity index (χ2n) is 6.39. The molecule has 4 rings (SSSR count). The van der Waals surface area contributed by atoms with Crippen molar-refractivity contribution in [2.24, 2.45) is 0 Å². The number of pyridine rings is 1. The molecule has 0 aliphatic carbocycles. The molecule has 3 N–H and O–H groups in total. The molecule has 2 aromatic heterocycles. The van der Waals surface area contributed by atoms with E-state index in [1.807, 2.05) is 61.7 Å². The Hall–Kier alpha value is -3.47. The summed E-state index contributed by atoms with van der Waals surface area (Å²) in [7, 11) is 0. The summed E-state index contributed by atoms with van der Waals surface area (Å²) in [4.78, 5) is 13.5. The van der Waals surface area contributed by atoms with Gasteiger partial charge in [0.2, 0.25) is 5.95 Å². The third-order valence-corrected chi connectivity index (χ3v) is 4.31. The van der Waals surface area contributed by atoms with Crippen LogP contribution < -0.4 is 11.1 Å². The van der Waals surface area contributed by atoms with Crippen molar-refractivity contribution in [2.75, 3.05) is 11.1 Å². The molecule has 128 valence electrons. The molecule has 0 fully saturated rings. The number of nitrogens with one attached hydrogen (secondary N) is 1. The summed E-state index contributed by atoms with van der Waals surface area (Å²) in [6, 6.07) is 15.9. The molecule has 0 aliphatic heterocycles. The molecular weight excluding hydrogens is 322 g/mol. The number of anilines is 3. The number of aromatic nitrogens is 3. The molecule has 0 radical (unpaired) electrons. The predicted octanol–water partition coefficient (Wildman–Crippen LogP) is 4.63. The van der Waals surface area contributed by atoms with E-state index in [0.717, 1.165) is 39.1 Å². The number of benzene rings is 2. The van der Waals surface area contributed by atoms with E-state index in [9.17, 15) is 0 Å². The summed E-state index contributed by atoms with van der Waals surface area (Å²) in [6.07, 6.45) is 3.58. The quantitative estimate of drug-likeness (QED) is 0.531. The minimum Gasteiger partial charge on any atom is -0.399 e. The first-order valence-electron chi connectivity index (χ1n) is 8.41. The summed E-state index contributed by atoms with van der Waals surface area (Å²) < 4.78 is 0. The van der Waals surface area contributed by atoms with Gasteiger partial charge in [-0.3, -0.25) is 4.98 Å². The van der Waals surface area contributed by atoms with Gasteiger partial charge in [-0.05, 0) is 49.7 Å². The molecule has 2 aromatic carbocycles. The highest BCUT2D eigenvalue weighted by molar-refractivity contribution is 5.83. The third-order valence-electron chi connectivity index (χ3n) is 4.31. The topological polar surface area (TPSA) is 76.7 Å². The number of fused-ring (bicyclic) bond motifs is 1. The van der Waals surface area contributed by atoms with E-state index in [1.54, 1.807) is 6.20 Å². The van der Waals surface area contributed by atoms with E-state index in [4.69, 9.17) is 5.73 Å². The summed E-state index contributed by atoms with van der Waals surface area (Å²) in [6.45, 7) is 4.10. The maximum absolute atomic E-state index is 5.92. The SMILES string of the molecule is Cc1ccc(Nc2ncc3cc(-c4cc(N)ccc4C)ncc3n2)cc1. The zero-order valence-electron chi connectivity index (χ0n) is 14.7. The molecule has 2 heterocycles. The fourth-order valence-corrected chi connectivity index (χ4v) is 2.82. The molecule has 4 aromatic rings. The Bertz CT molecular complexity index is 1090. The van der Waals surface area contributed by atoms with Crippen molar-refractivity contribution in [2.45, 2.75) is 13.8 Å². The van der Waals surface area contributed by atoms with Crippen LogP contribution in [-0.2, 0) is 0 Å². The average Bonchev–Trinajstić information content (AvgIpc) is 2.65. The van der Waals surface area contributed by atoms with Gasteiger partial charge >= 0.3 is 0 Å². The first-order valence-corrected chi connectivity index (χ1v) is 8.41. The molecular formula is C21H19N5. The van der Waals surface area contributed by atoms with Crippen molar-refractivity contribution in [1.82, 2.24) is 15.0 Å². The van der Waals surface area contributed by atoms with Crippen LogP contribution in [-0.4, -0.2) is 15.0 Å². The number of nitrogens with zero attached hydrogens (tertiary/aromatic N) is 3. The van der Waals surface area contributed by atoms with Gasteiger partial charge < -0.3 is 11.1 Å². The largest absolute Gasteiger partial charge is 0.399 e. The predicted molar refractivity (Wildman–Crippen MR) is 106 cm³/mol. The van der Waals surface area contributed by atoms with Crippen LogP contribution in [0, 0.1) is 13.8 Å². The lowest BCUT2D eigenvalue weighted by Gasteiger charge is -2.09. The van der Waals surface area contributed by atoms with Gasteiger partial charge in [0.15, 0.2) is 0 Å². The zero-order valence-corrected chi connectivity index (χ0v) is 14.7. The van der Waals surface area contributed by atoms with Crippen LogP contribution in [0.1, 0.15) is 11.1 Å². The average molecular weight is 341 g/mol. The molecule has 5 nitrogen and oxygen atoms in total. The van der Waals surface area contributed by atoms with Gasteiger partial charge in [-0.2, -0.15) is 0 Å². The lowest BCUT2D eigenvalue weighted by atomic mass is 10.0. The molecule has 26 heavy (non-hydrogen) atoms. The van der Waals surface area contributed by atoms with Crippen molar-refractivity contribution in [3.63, 3.8) is 0 Å². The Balaban J connectivity index is 1.68. The molecule has 0 amide bonds. The minimum absolute atomic E-state index is 0.552. The highest BCUT2D eigenvalue weighted by Crippen LogP contribution is 2.26. The number of rotatable bonds is 3. The summed E-state index contributed by atoms with van der Waals surface area (Å²) in [5.74, 6) is 0.552. The van der Waals surface area contributed by atoms with E-state index in [0.29, 0.717) is 5.95 Å². The lowest BCUT2D eigenvalue weighted by molar-refractivity contribution is 1.20. The van der Waals surface area contributed by atoms with Crippen LogP contribution in [0.3, 0.4) is 0 Å². The second kappa shape index (κ2) is 6.44. The third kappa shape index (κ3) is 3.19. The van der Waals surface area contributed by atoms with Gasteiger partial charge in [-0.15, -0.1) is 0 Å². The van der Waals surface area contributed by atoms with Crippen molar-refractivity contribution in [3.05, 3.63) is 72.1 Å². The first kappa shape index (κ1) is 16.0. The molecule has 5 heteroatoms. The monoisotopic (exact) mass is 341 g/mol. The smallest absolute Gasteiger partial charge is 0.227 e.